The van der Waals surface area contributed by atoms with E-state index in [4.69, 9.17) is 9.47 Å². The van der Waals surface area contributed by atoms with Crippen molar-refractivity contribution < 1.29 is 19.1 Å². The Kier molecular flexibility index (Phi) is 4.73. The van der Waals surface area contributed by atoms with Gasteiger partial charge in [0.1, 0.15) is 16.9 Å². The Morgan fingerprint density at radius 3 is 2.19 bits per heavy atom. The van der Waals surface area contributed by atoms with Gasteiger partial charge in [-0.1, -0.05) is 34.6 Å². The molecule has 0 atom stereocenters. The second-order valence-corrected chi connectivity index (χ2v) is 6.59. The molecule has 0 saturated carbocycles. The Morgan fingerprint density at radius 2 is 1.62 bits per heavy atom. The van der Waals surface area contributed by atoms with Gasteiger partial charge in [0.05, 0.1) is 14.2 Å². The van der Waals surface area contributed by atoms with Crippen molar-refractivity contribution in [2.45, 2.75) is 0 Å². The third kappa shape index (κ3) is 2.74. The quantitative estimate of drug-likeness (QED) is 0.608. The number of nitrogens with zero attached hydrogens (tertiary/aromatic N) is 2. The molecular formula is C19H17BrN2O4. The number of aromatic nitrogens is 2. The first-order chi connectivity index (χ1) is 12.4. The minimum absolute atomic E-state index is 0.114. The highest BCUT2D eigenvalue weighted by Crippen LogP contribution is 2.34. The molecule has 0 fully saturated rings. The smallest absolute Gasteiger partial charge is 0.356 e. The molecule has 3 rings (SSSR count). The maximum absolute atomic E-state index is 12.5. The van der Waals surface area contributed by atoms with Crippen LogP contribution >= 0.6 is 15.9 Å². The Morgan fingerprint density at radius 1 is 1.00 bits per heavy atom. The summed E-state index contributed by atoms with van der Waals surface area (Å²) in [5.41, 5.74) is 2.86. The van der Waals surface area contributed by atoms with E-state index in [-0.39, 0.29) is 11.3 Å². The van der Waals surface area contributed by atoms with Crippen molar-refractivity contribution in [3.8, 4) is 0 Å². The van der Waals surface area contributed by atoms with E-state index in [2.05, 4.69) is 22.5 Å². The summed E-state index contributed by atoms with van der Waals surface area (Å²) < 4.78 is 14.2. The molecule has 0 aliphatic carbocycles. The molecule has 0 aliphatic heterocycles. The molecule has 26 heavy (non-hydrogen) atoms. The van der Waals surface area contributed by atoms with Crippen LogP contribution in [0.15, 0.2) is 47.7 Å². The van der Waals surface area contributed by atoms with E-state index >= 15 is 0 Å². The van der Waals surface area contributed by atoms with Crippen LogP contribution in [-0.4, -0.2) is 35.1 Å². The van der Waals surface area contributed by atoms with Gasteiger partial charge in [-0.05, 0) is 23.3 Å². The number of methoxy groups -OCH3 is 2. The molecule has 0 amide bonds. The minimum Gasteiger partial charge on any atom is -0.465 e. The zero-order valence-corrected chi connectivity index (χ0v) is 16.2. The number of halogens is 1. The molecule has 6 nitrogen and oxygen atoms in total. The number of esters is 2. The van der Waals surface area contributed by atoms with E-state index < -0.39 is 11.9 Å². The van der Waals surface area contributed by atoms with Gasteiger partial charge in [0.2, 0.25) is 0 Å². The number of benzene rings is 1. The van der Waals surface area contributed by atoms with Crippen molar-refractivity contribution in [1.82, 2.24) is 8.97 Å². The summed E-state index contributed by atoms with van der Waals surface area (Å²) >= 11 is 3.40. The number of fused-ring (bicyclic) bond motifs is 1. The van der Waals surface area contributed by atoms with Gasteiger partial charge in [0, 0.05) is 29.5 Å². The van der Waals surface area contributed by atoms with Gasteiger partial charge in [0.25, 0.3) is 0 Å². The van der Waals surface area contributed by atoms with Crippen LogP contribution in [0.3, 0.4) is 0 Å². The average Bonchev–Trinajstić information content (AvgIpc) is 3.18. The zero-order valence-electron chi connectivity index (χ0n) is 14.6. The normalized spacial score (nSPS) is 10.8. The van der Waals surface area contributed by atoms with Crippen molar-refractivity contribution in [2.24, 2.45) is 7.05 Å². The summed E-state index contributed by atoms with van der Waals surface area (Å²) in [7, 11) is 4.38. The van der Waals surface area contributed by atoms with Gasteiger partial charge >= 0.3 is 11.9 Å². The van der Waals surface area contributed by atoms with Crippen LogP contribution in [0.1, 0.15) is 32.0 Å². The molecule has 2 heterocycles. The number of hydrogen-bond acceptors (Lipinski definition) is 4. The first-order valence-electron chi connectivity index (χ1n) is 7.71. The van der Waals surface area contributed by atoms with Gasteiger partial charge in [-0.15, -0.1) is 0 Å². The largest absolute Gasteiger partial charge is 0.465 e. The van der Waals surface area contributed by atoms with E-state index in [9.17, 15) is 9.59 Å². The molecule has 0 aliphatic rings. The lowest BCUT2D eigenvalue weighted by atomic mass is 9.97. The molecule has 0 saturated heterocycles. The lowest BCUT2D eigenvalue weighted by molar-refractivity contribution is 0.0550. The molecule has 7 heteroatoms. The van der Waals surface area contributed by atoms with Crippen molar-refractivity contribution in [3.63, 3.8) is 0 Å². The summed E-state index contributed by atoms with van der Waals surface area (Å²) in [6.07, 6.45) is 3.49. The predicted octanol–water partition coefficient (Wildman–Crippen LogP) is 3.68. The Bertz CT molecular complexity index is 1030. The molecule has 0 unspecified atom stereocenters. The SMILES string of the molecule is C=C(c1ccc(Br)cc1)c1c(C(=O)OC)c(C(=O)OC)n2ccn(C)c12. The van der Waals surface area contributed by atoms with Crippen LogP contribution in [0.4, 0.5) is 0 Å². The fourth-order valence-corrected chi connectivity index (χ4v) is 3.25. The molecule has 0 radical (unpaired) electrons. The number of carbonyl (C=O) groups excluding carboxylic acids is 2. The van der Waals surface area contributed by atoms with E-state index in [0.717, 1.165) is 10.0 Å². The molecule has 0 N–H and O–H groups in total. The summed E-state index contributed by atoms with van der Waals surface area (Å²) in [5, 5.41) is 0. The highest BCUT2D eigenvalue weighted by Gasteiger charge is 2.32. The van der Waals surface area contributed by atoms with E-state index in [1.165, 1.54) is 14.2 Å². The van der Waals surface area contributed by atoms with Gasteiger partial charge in [-0.2, -0.15) is 0 Å². The van der Waals surface area contributed by atoms with E-state index in [1.54, 1.807) is 16.8 Å². The number of imidazole rings is 1. The van der Waals surface area contributed by atoms with Crippen LogP contribution in [0.5, 0.6) is 0 Å². The topological polar surface area (TPSA) is 61.9 Å². The number of hydrogen-bond donors (Lipinski definition) is 0. The molecule has 1 aromatic carbocycles. The average molecular weight is 417 g/mol. The van der Waals surface area contributed by atoms with Crippen LogP contribution < -0.4 is 0 Å². The Hall–Kier alpha value is -2.80. The van der Waals surface area contributed by atoms with Gasteiger partial charge in [-0.25, -0.2) is 9.59 Å². The van der Waals surface area contributed by atoms with E-state index in [1.807, 2.05) is 35.9 Å². The van der Waals surface area contributed by atoms with Gasteiger partial charge in [0.15, 0.2) is 0 Å². The van der Waals surface area contributed by atoms with Crippen molar-refractivity contribution in [3.05, 3.63) is 70.1 Å². The van der Waals surface area contributed by atoms with Crippen molar-refractivity contribution >= 4 is 39.1 Å². The van der Waals surface area contributed by atoms with Crippen molar-refractivity contribution in [1.29, 1.82) is 0 Å². The number of carbonyl (C=O) groups is 2. The highest BCUT2D eigenvalue weighted by atomic mass is 79.9. The monoisotopic (exact) mass is 416 g/mol. The van der Waals surface area contributed by atoms with Crippen molar-refractivity contribution in [2.75, 3.05) is 14.2 Å². The van der Waals surface area contributed by atoms with Crippen LogP contribution in [0.2, 0.25) is 0 Å². The number of aryl methyl sites for hydroxylation is 1. The van der Waals surface area contributed by atoms with E-state index in [0.29, 0.717) is 16.8 Å². The zero-order chi connectivity index (χ0) is 19.0. The molecule has 134 valence electrons. The number of ether oxygens (including phenoxy) is 2. The summed E-state index contributed by atoms with van der Waals surface area (Å²) in [5.74, 6) is -1.25. The second-order valence-electron chi connectivity index (χ2n) is 5.67. The molecule has 3 aromatic rings. The maximum Gasteiger partial charge on any atom is 0.356 e. The first-order valence-corrected chi connectivity index (χ1v) is 8.51. The standard InChI is InChI=1S/C19H17BrN2O4/c1-11(12-5-7-13(20)8-6-12)14-15(18(23)25-3)16(19(24)26-4)22-10-9-21(2)17(14)22/h5-10H,1H2,2-4H3. The third-order valence-corrected chi connectivity index (χ3v) is 4.74. The molecule has 0 spiro atoms. The van der Waals surface area contributed by atoms with Crippen LogP contribution in [0, 0.1) is 0 Å². The second kappa shape index (κ2) is 6.84. The summed E-state index contributed by atoms with van der Waals surface area (Å²) in [4.78, 5) is 24.9. The van der Waals surface area contributed by atoms with Crippen LogP contribution in [0.25, 0.3) is 11.2 Å². The molecule has 0 bridgehead atoms. The number of rotatable bonds is 4. The Labute approximate surface area is 158 Å². The third-order valence-electron chi connectivity index (χ3n) is 4.22. The molecular weight excluding hydrogens is 400 g/mol. The maximum atomic E-state index is 12.5. The fourth-order valence-electron chi connectivity index (χ4n) is 2.98. The lowest BCUT2D eigenvalue weighted by Gasteiger charge is -2.09. The minimum atomic E-state index is -0.624. The highest BCUT2D eigenvalue weighted by molar-refractivity contribution is 9.10. The predicted molar refractivity (Wildman–Crippen MR) is 101 cm³/mol. The lowest BCUT2D eigenvalue weighted by Crippen LogP contribution is -2.13. The van der Waals surface area contributed by atoms with Gasteiger partial charge in [-0.3, -0.25) is 4.40 Å². The summed E-state index contributed by atoms with van der Waals surface area (Å²) in [6.45, 7) is 4.17. The van der Waals surface area contributed by atoms with Gasteiger partial charge < -0.3 is 14.0 Å². The molecule has 2 aromatic heterocycles. The summed E-state index contributed by atoms with van der Waals surface area (Å²) in [6, 6.07) is 7.55. The fraction of sp³-hybridized carbons (Fsp3) is 0.158. The first kappa shape index (κ1) is 18.0. The Balaban J connectivity index is 2.37. The van der Waals surface area contributed by atoms with Crippen LogP contribution in [-0.2, 0) is 16.5 Å².